The molecule has 1 aromatic carbocycles. The van der Waals surface area contributed by atoms with Gasteiger partial charge in [-0.2, -0.15) is 0 Å². The van der Waals surface area contributed by atoms with Crippen LogP contribution in [-0.2, 0) is 9.53 Å². The van der Waals surface area contributed by atoms with Crippen LogP contribution in [0.25, 0.3) is 0 Å². The number of carbonyl (C=O) groups is 1. The summed E-state index contributed by atoms with van der Waals surface area (Å²) in [4.78, 5) is 13.0. The van der Waals surface area contributed by atoms with E-state index in [9.17, 15) is 9.18 Å². The molecule has 1 saturated heterocycles. The molecule has 2 atom stereocenters. The highest BCUT2D eigenvalue weighted by Gasteiger charge is 2.32. The van der Waals surface area contributed by atoms with Gasteiger partial charge in [0.1, 0.15) is 11.9 Å². The van der Waals surface area contributed by atoms with Crippen molar-refractivity contribution < 1.29 is 19.0 Å². The minimum Gasteiger partial charge on any atom is -0.480 e. The van der Waals surface area contributed by atoms with Crippen molar-refractivity contribution in [3.63, 3.8) is 0 Å². The first-order valence-corrected chi connectivity index (χ1v) is 5.91. The third-order valence-corrected chi connectivity index (χ3v) is 3.30. The van der Waals surface area contributed by atoms with Crippen molar-refractivity contribution in [2.24, 2.45) is 0 Å². The summed E-state index contributed by atoms with van der Waals surface area (Å²) in [6, 6.07) is 5.45. The Balaban J connectivity index is 2.17. The van der Waals surface area contributed by atoms with E-state index in [0.717, 1.165) is 5.56 Å². The van der Waals surface area contributed by atoms with E-state index in [1.165, 1.54) is 12.1 Å². The predicted molar refractivity (Wildman–Crippen MR) is 63.8 cm³/mol. The van der Waals surface area contributed by atoms with E-state index in [1.807, 2.05) is 11.8 Å². The van der Waals surface area contributed by atoms with Crippen LogP contribution in [-0.4, -0.2) is 41.8 Å². The standard InChI is InChI=1S/C13H16FNO3/c1-9(10-2-4-11(14)5-3-10)15-6-7-18-8-12(15)13(16)17/h2-5,9,12H,6-8H2,1H3,(H,16,17). The first kappa shape index (κ1) is 13.0. The molecular formula is C13H16FNO3. The average molecular weight is 253 g/mol. The third kappa shape index (κ3) is 2.68. The van der Waals surface area contributed by atoms with Crippen molar-refractivity contribution in [2.45, 2.75) is 19.0 Å². The van der Waals surface area contributed by atoms with E-state index in [4.69, 9.17) is 9.84 Å². The molecule has 0 radical (unpaired) electrons. The van der Waals surface area contributed by atoms with Gasteiger partial charge in [0.2, 0.25) is 0 Å². The van der Waals surface area contributed by atoms with Gasteiger partial charge in [-0.25, -0.2) is 4.39 Å². The van der Waals surface area contributed by atoms with Gasteiger partial charge >= 0.3 is 5.97 Å². The molecule has 1 aromatic rings. The second-order valence-electron chi connectivity index (χ2n) is 4.39. The highest BCUT2D eigenvalue weighted by atomic mass is 19.1. The van der Waals surface area contributed by atoms with Crippen LogP contribution in [0.1, 0.15) is 18.5 Å². The lowest BCUT2D eigenvalue weighted by Crippen LogP contribution is -2.50. The number of hydrogen-bond donors (Lipinski definition) is 1. The number of nitrogens with zero attached hydrogens (tertiary/aromatic N) is 1. The summed E-state index contributed by atoms with van der Waals surface area (Å²) >= 11 is 0. The normalized spacial score (nSPS) is 22.7. The molecule has 1 aliphatic heterocycles. The minimum absolute atomic E-state index is 0.0735. The number of carboxylic acid groups (broad SMARTS) is 1. The molecule has 0 aliphatic carbocycles. The Kier molecular flexibility index (Phi) is 3.93. The summed E-state index contributed by atoms with van der Waals surface area (Å²) in [5.41, 5.74) is 0.907. The van der Waals surface area contributed by atoms with Gasteiger partial charge in [0.05, 0.1) is 13.2 Å². The summed E-state index contributed by atoms with van der Waals surface area (Å²) in [5.74, 6) is -1.17. The van der Waals surface area contributed by atoms with E-state index in [0.29, 0.717) is 13.2 Å². The summed E-state index contributed by atoms with van der Waals surface area (Å²) in [6.45, 7) is 3.21. The molecule has 4 nitrogen and oxygen atoms in total. The second kappa shape index (κ2) is 5.46. The van der Waals surface area contributed by atoms with E-state index in [1.54, 1.807) is 12.1 Å². The zero-order valence-corrected chi connectivity index (χ0v) is 10.2. The van der Waals surface area contributed by atoms with Gasteiger partial charge in [0.15, 0.2) is 0 Å². The molecule has 18 heavy (non-hydrogen) atoms. The number of hydrogen-bond acceptors (Lipinski definition) is 3. The lowest BCUT2D eigenvalue weighted by atomic mass is 10.0. The number of rotatable bonds is 3. The van der Waals surface area contributed by atoms with Gasteiger partial charge < -0.3 is 9.84 Å². The number of benzene rings is 1. The van der Waals surface area contributed by atoms with Crippen LogP contribution in [0.5, 0.6) is 0 Å². The van der Waals surface area contributed by atoms with Gasteiger partial charge in [-0.15, -0.1) is 0 Å². The van der Waals surface area contributed by atoms with Crippen LogP contribution in [0.2, 0.25) is 0 Å². The quantitative estimate of drug-likeness (QED) is 0.890. The third-order valence-electron chi connectivity index (χ3n) is 3.30. The molecule has 2 unspecified atom stereocenters. The fourth-order valence-electron chi connectivity index (χ4n) is 2.23. The molecule has 1 N–H and O–H groups in total. The minimum atomic E-state index is -0.885. The Labute approximate surface area is 105 Å². The molecule has 0 saturated carbocycles. The number of morpholine rings is 1. The van der Waals surface area contributed by atoms with Gasteiger partial charge in [-0.05, 0) is 24.6 Å². The Morgan fingerprint density at radius 1 is 1.50 bits per heavy atom. The van der Waals surface area contributed by atoms with Crippen molar-refractivity contribution in [1.82, 2.24) is 4.90 Å². The monoisotopic (exact) mass is 253 g/mol. The maximum atomic E-state index is 12.9. The molecule has 1 heterocycles. The van der Waals surface area contributed by atoms with Crippen molar-refractivity contribution in [3.8, 4) is 0 Å². The first-order chi connectivity index (χ1) is 8.59. The highest BCUT2D eigenvalue weighted by Crippen LogP contribution is 2.24. The maximum absolute atomic E-state index is 12.9. The number of ether oxygens (including phenoxy) is 1. The summed E-state index contributed by atoms with van der Waals surface area (Å²) in [6.07, 6.45) is 0. The fraction of sp³-hybridized carbons (Fsp3) is 0.462. The Morgan fingerprint density at radius 3 is 2.78 bits per heavy atom. The van der Waals surface area contributed by atoms with Crippen molar-refractivity contribution >= 4 is 5.97 Å². The summed E-state index contributed by atoms with van der Waals surface area (Å²) in [7, 11) is 0. The van der Waals surface area contributed by atoms with Crippen LogP contribution < -0.4 is 0 Å². The lowest BCUT2D eigenvalue weighted by Gasteiger charge is -2.37. The maximum Gasteiger partial charge on any atom is 0.323 e. The molecule has 98 valence electrons. The molecular weight excluding hydrogens is 237 g/mol. The molecule has 5 heteroatoms. The van der Waals surface area contributed by atoms with Crippen LogP contribution in [0.15, 0.2) is 24.3 Å². The van der Waals surface area contributed by atoms with Gasteiger partial charge in [0.25, 0.3) is 0 Å². The zero-order valence-electron chi connectivity index (χ0n) is 10.2. The number of halogens is 1. The zero-order chi connectivity index (χ0) is 13.1. The summed E-state index contributed by atoms with van der Waals surface area (Å²) in [5, 5.41) is 9.17. The summed E-state index contributed by atoms with van der Waals surface area (Å²) < 4.78 is 18.1. The van der Waals surface area contributed by atoms with Crippen molar-refractivity contribution in [2.75, 3.05) is 19.8 Å². The van der Waals surface area contributed by atoms with Crippen LogP contribution in [0, 0.1) is 5.82 Å². The van der Waals surface area contributed by atoms with Gasteiger partial charge in [-0.1, -0.05) is 12.1 Å². The topological polar surface area (TPSA) is 49.8 Å². The number of aliphatic carboxylic acids is 1. The van der Waals surface area contributed by atoms with Gasteiger partial charge in [-0.3, -0.25) is 9.69 Å². The van der Waals surface area contributed by atoms with E-state index in [2.05, 4.69) is 0 Å². The molecule has 0 bridgehead atoms. The Hall–Kier alpha value is -1.46. The second-order valence-corrected chi connectivity index (χ2v) is 4.39. The molecule has 0 aromatic heterocycles. The van der Waals surface area contributed by atoms with Crippen molar-refractivity contribution in [1.29, 1.82) is 0 Å². The van der Waals surface area contributed by atoms with Crippen LogP contribution in [0.4, 0.5) is 4.39 Å². The molecule has 2 rings (SSSR count). The van der Waals surface area contributed by atoms with Gasteiger partial charge in [0, 0.05) is 12.6 Å². The molecule has 1 aliphatic rings. The lowest BCUT2D eigenvalue weighted by molar-refractivity contribution is -0.151. The fourth-order valence-corrected chi connectivity index (χ4v) is 2.23. The van der Waals surface area contributed by atoms with Crippen molar-refractivity contribution in [3.05, 3.63) is 35.6 Å². The number of carboxylic acids is 1. The van der Waals surface area contributed by atoms with E-state index < -0.39 is 12.0 Å². The smallest absolute Gasteiger partial charge is 0.323 e. The average Bonchev–Trinajstić information content (AvgIpc) is 2.39. The Bertz CT molecular complexity index is 421. The van der Waals surface area contributed by atoms with E-state index in [-0.39, 0.29) is 18.5 Å². The predicted octanol–water partition coefficient (Wildman–Crippen LogP) is 1.67. The first-order valence-electron chi connectivity index (χ1n) is 5.91. The van der Waals surface area contributed by atoms with Crippen LogP contribution >= 0.6 is 0 Å². The molecule has 1 fully saturated rings. The SMILES string of the molecule is CC(c1ccc(F)cc1)N1CCOCC1C(=O)O. The van der Waals surface area contributed by atoms with E-state index >= 15 is 0 Å². The highest BCUT2D eigenvalue weighted by molar-refractivity contribution is 5.73. The molecule has 0 amide bonds. The van der Waals surface area contributed by atoms with Crippen LogP contribution in [0.3, 0.4) is 0 Å². The molecule has 0 spiro atoms. The largest absolute Gasteiger partial charge is 0.480 e. The Morgan fingerprint density at radius 2 is 2.17 bits per heavy atom.